The van der Waals surface area contributed by atoms with E-state index in [9.17, 15) is 9.59 Å². The molecule has 0 unspecified atom stereocenters. The number of nitrogens with one attached hydrogen (secondary N) is 1. The molecule has 1 atom stereocenters. The zero-order valence-electron chi connectivity index (χ0n) is 16.0. The van der Waals surface area contributed by atoms with E-state index in [4.69, 9.17) is 14.2 Å². The maximum Gasteiger partial charge on any atom is 0.338 e. The number of esters is 1. The molecule has 1 heterocycles. The fourth-order valence-electron chi connectivity index (χ4n) is 3.37. The van der Waals surface area contributed by atoms with Crippen LogP contribution in [-0.2, 0) is 9.53 Å². The van der Waals surface area contributed by atoms with Gasteiger partial charge in [-0.05, 0) is 41.5 Å². The average Bonchev–Trinajstić information content (AvgIpc) is 2.76. The minimum Gasteiger partial charge on any atom is -0.486 e. The first-order chi connectivity index (χ1) is 14.1. The Kier molecular flexibility index (Phi) is 5.33. The summed E-state index contributed by atoms with van der Waals surface area (Å²) >= 11 is 0. The van der Waals surface area contributed by atoms with Crippen LogP contribution in [0.5, 0.6) is 11.5 Å². The van der Waals surface area contributed by atoms with Gasteiger partial charge in [-0.2, -0.15) is 0 Å². The van der Waals surface area contributed by atoms with Gasteiger partial charge in [-0.15, -0.1) is 0 Å². The van der Waals surface area contributed by atoms with Crippen molar-refractivity contribution in [2.75, 3.05) is 19.8 Å². The smallest absolute Gasteiger partial charge is 0.338 e. The van der Waals surface area contributed by atoms with Crippen molar-refractivity contribution in [2.45, 2.75) is 13.0 Å². The maximum atomic E-state index is 12.3. The van der Waals surface area contributed by atoms with Crippen LogP contribution in [0.15, 0.2) is 60.7 Å². The third-order valence-electron chi connectivity index (χ3n) is 4.78. The Balaban J connectivity index is 1.36. The summed E-state index contributed by atoms with van der Waals surface area (Å²) in [6.45, 7) is 2.45. The highest BCUT2D eigenvalue weighted by Gasteiger charge is 2.18. The molecule has 0 fully saturated rings. The van der Waals surface area contributed by atoms with E-state index < -0.39 is 5.97 Å². The molecule has 0 bridgehead atoms. The normalized spacial score (nSPS) is 13.6. The molecule has 1 N–H and O–H groups in total. The van der Waals surface area contributed by atoms with Crippen molar-refractivity contribution < 1.29 is 23.8 Å². The number of benzene rings is 3. The van der Waals surface area contributed by atoms with Gasteiger partial charge < -0.3 is 19.5 Å². The van der Waals surface area contributed by atoms with Gasteiger partial charge in [0, 0.05) is 0 Å². The van der Waals surface area contributed by atoms with Crippen LogP contribution in [0.1, 0.15) is 28.9 Å². The third-order valence-corrected chi connectivity index (χ3v) is 4.78. The van der Waals surface area contributed by atoms with Gasteiger partial charge in [0.2, 0.25) is 0 Å². The van der Waals surface area contributed by atoms with E-state index >= 15 is 0 Å². The van der Waals surface area contributed by atoms with Crippen molar-refractivity contribution in [3.63, 3.8) is 0 Å². The second-order valence-corrected chi connectivity index (χ2v) is 6.79. The summed E-state index contributed by atoms with van der Waals surface area (Å²) in [6.07, 6.45) is 0. The van der Waals surface area contributed by atoms with Crippen LogP contribution in [0, 0.1) is 0 Å². The van der Waals surface area contributed by atoms with E-state index in [0.29, 0.717) is 30.3 Å². The second-order valence-electron chi connectivity index (χ2n) is 6.79. The summed E-state index contributed by atoms with van der Waals surface area (Å²) in [5.74, 6) is 0.139. The molecule has 0 saturated carbocycles. The minimum absolute atomic E-state index is 0.221. The van der Waals surface area contributed by atoms with Crippen molar-refractivity contribution in [3.05, 3.63) is 71.8 Å². The number of amides is 1. The first kappa shape index (κ1) is 18.8. The van der Waals surface area contributed by atoms with Gasteiger partial charge in [-0.1, -0.05) is 42.5 Å². The highest BCUT2D eigenvalue weighted by Crippen LogP contribution is 2.31. The molecule has 148 valence electrons. The Hall–Kier alpha value is -3.54. The van der Waals surface area contributed by atoms with Crippen LogP contribution in [0.3, 0.4) is 0 Å². The molecule has 0 radical (unpaired) electrons. The highest BCUT2D eigenvalue weighted by atomic mass is 16.6. The zero-order valence-corrected chi connectivity index (χ0v) is 16.0. The zero-order chi connectivity index (χ0) is 20.2. The van der Waals surface area contributed by atoms with Gasteiger partial charge in [0.1, 0.15) is 13.2 Å². The van der Waals surface area contributed by atoms with Crippen LogP contribution in [0.4, 0.5) is 0 Å². The Bertz CT molecular complexity index is 1060. The fourth-order valence-corrected chi connectivity index (χ4v) is 3.37. The SMILES string of the molecule is C[C@H](NC(=O)COC(=O)c1ccc2c(c1)OCCO2)c1cccc2ccccc12. The van der Waals surface area contributed by atoms with Crippen LogP contribution in [0.2, 0.25) is 0 Å². The lowest BCUT2D eigenvalue weighted by molar-refractivity contribution is -0.124. The van der Waals surface area contributed by atoms with Crippen LogP contribution in [-0.4, -0.2) is 31.7 Å². The molecule has 29 heavy (non-hydrogen) atoms. The van der Waals surface area contributed by atoms with Crippen LogP contribution >= 0.6 is 0 Å². The number of carbonyl (C=O) groups is 2. The summed E-state index contributed by atoms with van der Waals surface area (Å²) < 4.78 is 16.1. The second kappa shape index (κ2) is 8.22. The monoisotopic (exact) mass is 391 g/mol. The highest BCUT2D eigenvalue weighted by molar-refractivity contribution is 5.92. The Morgan fingerprint density at radius 3 is 2.62 bits per heavy atom. The molecule has 0 aromatic heterocycles. The Morgan fingerprint density at radius 1 is 1.00 bits per heavy atom. The molecule has 0 aliphatic carbocycles. The van der Waals surface area contributed by atoms with E-state index in [1.807, 2.05) is 49.4 Å². The molecular weight excluding hydrogens is 370 g/mol. The number of ether oxygens (including phenoxy) is 3. The largest absolute Gasteiger partial charge is 0.486 e. The fraction of sp³-hybridized carbons (Fsp3) is 0.217. The number of hydrogen-bond acceptors (Lipinski definition) is 5. The number of rotatable bonds is 5. The molecule has 4 rings (SSSR count). The molecule has 6 nitrogen and oxygen atoms in total. The first-order valence-electron chi connectivity index (χ1n) is 9.45. The predicted molar refractivity (Wildman–Crippen MR) is 108 cm³/mol. The summed E-state index contributed by atoms with van der Waals surface area (Å²) in [5.41, 5.74) is 1.32. The Morgan fingerprint density at radius 2 is 1.76 bits per heavy atom. The lowest BCUT2D eigenvalue weighted by Gasteiger charge is -2.18. The lowest BCUT2D eigenvalue weighted by atomic mass is 10.00. The van der Waals surface area contributed by atoms with Gasteiger partial charge >= 0.3 is 5.97 Å². The van der Waals surface area contributed by atoms with E-state index in [1.54, 1.807) is 18.2 Å². The van der Waals surface area contributed by atoms with E-state index in [-0.39, 0.29) is 18.6 Å². The van der Waals surface area contributed by atoms with E-state index in [0.717, 1.165) is 16.3 Å². The molecule has 1 amide bonds. The van der Waals surface area contributed by atoms with Crippen LogP contribution in [0.25, 0.3) is 10.8 Å². The van der Waals surface area contributed by atoms with Crippen molar-refractivity contribution in [1.82, 2.24) is 5.32 Å². The van der Waals surface area contributed by atoms with Crippen molar-refractivity contribution >= 4 is 22.6 Å². The quantitative estimate of drug-likeness (QED) is 0.672. The van der Waals surface area contributed by atoms with Gasteiger partial charge in [0.25, 0.3) is 5.91 Å². The molecule has 3 aromatic carbocycles. The van der Waals surface area contributed by atoms with Crippen molar-refractivity contribution in [3.8, 4) is 11.5 Å². The van der Waals surface area contributed by atoms with Gasteiger partial charge in [0.05, 0.1) is 11.6 Å². The summed E-state index contributed by atoms with van der Waals surface area (Å²) in [7, 11) is 0. The molecule has 0 saturated heterocycles. The standard InChI is InChI=1S/C23H21NO5/c1-15(18-8-4-6-16-5-2-3-7-19(16)18)24-22(25)14-29-23(26)17-9-10-20-21(13-17)28-12-11-27-20/h2-10,13,15H,11-12,14H2,1H3,(H,24,25)/t15-/m0/s1. The average molecular weight is 391 g/mol. The first-order valence-corrected chi connectivity index (χ1v) is 9.45. The molecular formula is C23H21NO5. The summed E-state index contributed by atoms with van der Waals surface area (Å²) in [4.78, 5) is 24.6. The lowest BCUT2D eigenvalue weighted by Crippen LogP contribution is -2.31. The number of fused-ring (bicyclic) bond motifs is 2. The van der Waals surface area contributed by atoms with Crippen molar-refractivity contribution in [1.29, 1.82) is 0 Å². The molecule has 0 spiro atoms. The number of hydrogen-bond donors (Lipinski definition) is 1. The minimum atomic E-state index is -0.588. The van der Waals surface area contributed by atoms with Gasteiger partial charge in [0.15, 0.2) is 18.1 Å². The summed E-state index contributed by atoms with van der Waals surface area (Å²) in [6, 6.07) is 18.6. The summed E-state index contributed by atoms with van der Waals surface area (Å²) in [5, 5.41) is 5.07. The van der Waals surface area contributed by atoms with E-state index in [1.165, 1.54) is 0 Å². The molecule has 6 heteroatoms. The molecule has 1 aliphatic heterocycles. The molecule has 1 aliphatic rings. The maximum absolute atomic E-state index is 12.3. The topological polar surface area (TPSA) is 73.9 Å². The van der Waals surface area contributed by atoms with Crippen LogP contribution < -0.4 is 14.8 Å². The van der Waals surface area contributed by atoms with Gasteiger partial charge in [-0.25, -0.2) is 4.79 Å². The molecule has 3 aromatic rings. The number of carbonyl (C=O) groups excluding carboxylic acids is 2. The van der Waals surface area contributed by atoms with E-state index in [2.05, 4.69) is 5.32 Å². The van der Waals surface area contributed by atoms with Crippen molar-refractivity contribution in [2.24, 2.45) is 0 Å². The Labute approximate surface area is 168 Å². The van der Waals surface area contributed by atoms with Gasteiger partial charge in [-0.3, -0.25) is 4.79 Å². The third kappa shape index (κ3) is 4.16. The predicted octanol–water partition coefficient (Wildman–Crippen LogP) is 3.65.